The maximum absolute atomic E-state index is 11.7. The van der Waals surface area contributed by atoms with Gasteiger partial charge in [-0.2, -0.15) is 0 Å². The number of methoxy groups -OCH3 is 2. The number of aliphatic carboxylic acids is 1. The number of hydrogen-bond donors (Lipinski definition) is 1. The smallest absolute Gasteiger partial charge is 0.331 e. The molecule has 0 amide bonds. The Morgan fingerprint density at radius 2 is 1.76 bits per heavy atom. The maximum Gasteiger partial charge on any atom is 0.331 e. The first kappa shape index (κ1) is 28.2. The predicted octanol–water partition coefficient (Wildman–Crippen LogP) is 6.19. The van der Waals surface area contributed by atoms with Crippen LogP contribution in [0.4, 0.5) is 0 Å². The lowest BCUT2D eigenvalue weighted by Crippen LogP contribution is -2.11. The molecule has 182 valence electrons. The molecule has 0 bridgehead atoms. The van der Waals surface area contributed by atoms with Gasteiger partial charge in [-0.05, 0) is 58.1 Å². The van der Waals surface area contributed by atoms with Crippen LogP contribution in [0.5, 0.6) is 11.5 Å². The number of allylic oxidation sites excluding steroid dienone is 4. The molecule has 1 atom stereocenters. The van der Waals surface area contributed by atoms with E-state index in [0.29, 0.717) is 36.3 Å². The molecule has 33 heavy (non-hydrogen) atoms. The van der Waals surface area contributed by atoms with Crippen LogP contribution in [0.1, 0.15) is 56.6 Å². The molecule has 1 N–H and O–H groups in total. The maximum atomic E-state index is 11.7. The van der Waals surface area contributed by atoms with Crippen molar-refractivity contribution in [1.29, 1.82) is 0 Å². The topological polar surface area (TPSA) is 74.2 Å². The summed E-state index contributed by atoms with van der Waals surface area (Å²) in [6, 6.07) is 3.79. The Hall–Kier alpha value is -2.83. The van der Waals surface area contributed by atoms with Crippen molar-refractivity contribution in [3.63, 3.8) is 0 Å². The van der Waals surface area contributed by atoms with E-state index in [0.717, 1.165) is 35.1 Å². The first-order chi connectivity index (χ1) is 15.7. The summed E-state index contributed by atoms with van der Waals surface area (Å²) in [7, 11) is 3.12. The van der Waals surface area contributed by atoms with Crippen molar-refractivity contribution in [3.05, 3.63) is 71.9 Å². The third kappa shape index (κ3) is 9.68. The standard InChI is InChI=1S/C27H38O6/c1-8-9-10-21(27(28)29)12-13-22-15-23(32-17-30-6)16-25(26(22)33-18-31-7)24(20(4)5)14-11-19(2)3/h8,12,15-16,24H,1-2,4,9-11,13-14,17-18H2,3,5-7H3,(H,28,29)/b21-12-/t24-/m0/s1. The van der Waals surface area contributed by atoms with Gasteiger partial charge >= 0.3 is 5.97 Å². The average Bonchev–Trinajstić information content (AvgIpc) is 2.76. The Morgan fingerprint density at radius 1 is 1.09 bits per heavy atom. The van der Waals surface area contributed by atoms with Crippen molar-refractivity contribution in [3.8, 4) is 11.5 Å². The number of ether oxygens (including phenoxy) is 4. The number of rotatable bonds is 17. The molecule has 0 spiro atoms. The van der Waals surface area contributed by atoms with Gasteiger partial charge in [-0.3, -0.25) is 0 Å². The van der Waals surface area contributed by atoms with Gasteiger partial charge in [0, 0.05) is 36.8 Å². The van der Waals surface area contributed by atoms with Crippen LogP contribution >= 0.6 is 0 Å². The number of carbonyl (C=O) groups is 1. The van der Waals surface area contributed by atoms with E-state index in [9.17, 15) is 9.90 Å². The minimum atomic E-state index is -0.940. The number of hydrogen-bond acceptors (Lipinski definition) is 5. The van der Waals surface area contributed by atoms with Crippen molar-refractivity contribution in [2.24, 2.45) is 0 Å². The summed E-state index contributed by atoms with van der Waals surface area (Å²) in [6.45, 7) is 16.1. The summed E-state index contributed by atoms with van der Waals surface area (Å²) < 4.78 is 22.0. The summed E-state index contributed by atoms with van der Waals surface area (Å²) in [4.78, 5) is 11.7. The lowest BCUT2D eigenvalue weighted by Gasteiger charge is -2.24. The van der Waals surface area contributed by atoms with Crippen molar-refractivity contribution < 1.29 is 28.8 Å². The van der Waals surface area contributed by atoms with E-state index in [4.69, 9.17) is 18.9 Å². The second-order valence-corrected chi connectivity index (χ2v) is 8.06. The third-order valence-corrected chi connectivity index (χ3v) is 5.12. The van der Waals surface area contributed by atoms with Crippen LogP contribution in [0.2, 0.25) is 0 Å². The largest absolute Gasteiger partial charge is 0.478 e. The van der Waals surface area contributed by atoms with Crippen LogP contribution < -0.4 is 9.47 Å². The van der Waals surface area contributed by atoms with E-state index in [1.165, 1.54) is 0 Å². The molecule has 0 fully saturated rings. The molecular weight excluding hydrogens is 420 g/mol. The molecule has 0 saturated heterocycles. The van der Waals surface area contributed by atoms with Crippen LogP contribution in [-0.2, 0) is 20.7 Å². The fourth-order valence-corrected chi connectivity index (χ4v) is 3.44. The van der Waals surface area contributed by atoms with Gasteiger partial charge in [0.2, 0.25) is 0 Å². The summed E-state index contributed by atoms with van der Waals surface area (Å²) in [5.74, 6) is 0.331. The highest BCUT2D eigenvalue weighted by molar-refractivity contribution is 5.86. The Morgan fingerprint density at radius 3 is 2.30 bits per heavy atom. The highest BCUT2D eigenvalue weighted by Crippen LogP contribution is 2.40. The number of carboxylic acids is 1. The van der Waals surface area contributed by atoms with Gasteiger partial charge in [0.1, 0.15) is 11.5 Å². The molecule has 0 heterocycles. The molecule has 0 aliphatic rings. The van der Waals surface area contributed by atoms with Crippen molar-refractivity contribution >= 4 is 5.97 Å². The molecule has 1 rings (SSSR count). The highest BCUT2D eigenvalue weighted by Gasteiger charge is 2.22. The predicted molar refractivity (Wildman–Crippen MR) is 132 cm³/mol. The Bertz CT molecular complexity index is 852. The number of carboxylic acid groups (broad SMARTS) is 1. The molecule has 6 nitrogen and oxygen atoms in total. The molecule has 0 saturated carbocycles. The summed E-state index contributed by atoms with van der Waals surface area (Å²) >= 11 is 0. The van der Waals surface area contributed by atoms with Crippen LogP contribution in [0, 0.1) is 0 Å². The van der Waals surface area contributed by atoms with E-state index in [1.807, 2.05) is 26.0 Å². The van der Waals surface area contributed by atoms with Crippen molar-refractivity contribution in [2.75, 3.05) is 27.8 Å². The summed E-state index contributed by atoms with van der Waals surface area (Å²) in [5.41, 5.74) is 4.12. The lowest BCUT2D eigenvalue weighted by atomic mass is 9.85. The second kappa shape index (κ2) is 15.1. The molecule has 0 unspecified atom stereocenters. The minimum Gasteiger partial charge on any atom is -0.478 e. The van der Waals surface area contributed by atoms with E-state index < -0.39 is 5.97 Å². The van der Waals surface area contributed by atoms with Gasteiger partial charge in [-0.25, -0.2) is 4.79 Å². The summed E-state index contributed by atoms with van der Waals surface area (Å²) in [6.07, 6.45) is 6.44. The van der Waals surface area contributed by atoms with Gasteiger partial charge < -0.3 is 24.1 Å². The van der Waals surface area contributed by atoms with Gasteiger partial charge in [0.05, 0.1) is 0 Å². The third-order valence-electron chi connectivity index (χ3n) is 5.12. The van der Waals surface area contributed by atoms with E-state index in [1.54, 1.807) is 26.4 Å². The first-order valence-corrected chi connectivity index (χ1v) is 11.0. The summed E-state index contributed by atoms with van der Waals surface area (Å²) in [5, 5.41) is 9.58. The number of benzene rings is 1. The highest BCUT2D eigenvalue weighted by atomic mass is 16.7. The van der Waals surface area contributed by atoms with Crippen molar-refractivity contribution in [1.82, 2.24) is 0 Å². The van der Waals surface area contributed by atoms with Gasteiger partial charge in [-0.1, -0.05) is 29.9 Å². The zero-order valence-corrected chi connectivity index (χ0v) is 20.4. The van der Waals surface area contributed by atoms with Crippen LogP contribution in [0.25, 0.3) is 0 Å². The Labute approximate surface area is 198 Å². The molecule has 0 radical (unpaired) electrons. The SMILES string of the molecule is C=CCC/C(=C/Cc1cc(OCOC)cc([C@@H](CCC(=C)C)C(=C)C)c1OCOC)C(=O)O. The second-order valence-electron chi connectivity index (χ2n) is 8.06. The van der Waals surface area contributed by atoms with Crippen LogP contribution in [0.15, 0.2) is 60.7 Å². The molecule has 1 aromatic rings. The van der Waals surface area contributed by atoms with Crippen LogP contribution in [0.3, 0.4) is 0 Å². The Kier molecular flexibility index (Phi) is 12.9. The quantitative estimate of drug-likeness (QED) is 0.170. The van der Waals surface area contributed by atoms with Gasteiger partial charge in [-0.15, -0.1) is 13.2 Å². The molecule has 0 aliphatic heterocycles. The van der Waals surface area contributed by atoms with E-state index in [2.05, 4.69) is 19.7 Å². The zero-order valence-electron chi connectivity index (χ0n) is 20.4. The van der Waals surface area contributed by atoms with Crippen LogP contribution in [-0.4, -0.2) is 38.9 Å². The zero-order chi connectivity index (χ0) is 24.8. The Balaban J connectivity index is 3.59. The molecule has 1 aromatic carbocycles. The molecule has 6 heteroatoms. The normalized spacial score (nSPS) is 12.2. The van der Waals surface area contributed by atoms with E-state index >= 15 is 0 Å². The lowest BCUT2D eigenvalue weighted by molar-refractivity contribution is -0.132. The molecule has 0 aliphatic carbocycles. The fraction of sp³-hybridized carbons (Fsp3) is 0.444. The van der Waals surface area contributed by atoms with Crippen molar-refractivity contribution in [2.45, 2.75) is 51.9 Å². The minimum absolute atomic E-state index is 0.00194. The molecule has 0 aromatic heterocycles. The average molecular weight is 459 g/mol. The monoisotopic (exact) mass is 458 g/mol. The van der Waals surface area contributed by atoms with E-state index in [-0.39, 0.29) is 19.5 Å². The molecular formula is C27H38O6. The van der Waals surface area contributed by atoms with Gasteiger partial charge in [0.15, 0.2) is 13.6 Å². The fourth-order valence-electron chi connectivity index (χ4n) is 3.44. The first-order valence-electron chi connectivity index (χ1n) is 11.0. The van der Waals surface area contributed by atoms with Gasteiger partial charge in [0.25, 0.3) is 0 Å².